The van der Waals surface area contributed by atoms with Crippen molar-refractivity contribution in [2.75, 3.05) is 13.4 Å². The summed E-state index contributed by atoms with van der Waals surface area (Å²) in [6, 6.07) is 12.6. The smallest absolute Gasteiger partial charge is 0.338 e. The van der Waals surface area contributed by atoms with Crippen LogP contribution >= 0.6 is 0 Å². The van der Waals surface area contributed by atoms with Crippen molar-refractivity contribution in [1.82, 2.24) is 0 Å². The molecule has 2 aromatic carbocycles. The van der Waals surface area contributed by atoms with Crippen LogP contribution in [0.3, 0.4) is 0 Å². The molecular formula is C19H20O6S. The van der Waals surface area contributed by atoms with Gasteiger partial charge >= 0.3 is 5.97 Å². The predicted molar refractivity (Wildman–Crippen MR) is 97.2 cm³/mol. The fourth-order valence-electron chi connectivity index (χ4n) is 2.31. The van der Waals surface area contributed by atoms with Crippen molar-refractivity contribution < 1.29 is 27.5 Å². The molecule has 6 nitrogen and oxygen atoms in total. The van der Waals surface area contributed by atoms with E-state index in [2.05, 4.69) is 0 Å². The minimum absolute atomic E-state index is 0.102. The molecule has 0 fully saturated rings. The summed E-state index contributed by atoms with van der Waals surface area (Å²) in [5, 5.41) is 0. The Morgan fingerprint density at radius 1 is 0.962 bits per heavy atom. The average molecular weight is 376 g/mol. The highest BCUT2D eigenvalue weighted by Gasteiger charge is 2.20. The van der Waals surface area contributed by atoms with Gasteiger partial charge in [0.05, 0.1) is 18.4 Å². The molecule has 7 heteroatoms. The summed E-state index contributed by atoms with van der Waals surface area (Å²) in [4.78, 5) is 24.5. The standard InChI is InChI=1S/C19H20O6S/c1-13(18(20)15-8-10-17(24-2)11-9-15)25-19(21)16-6-4-14(5-7-16)12-26(3,22)23/h4-11,13H,12H2,1-3H3/t13-/m1/s1. The summed E-state index contributed by atoms with van der Waals surface area (Å²) in [6.07, 6.45) is 0.188. The first-order valence-corrected chi connectivity index (χ1v) is 9.91. The van der Waals surface area contributed by atoms with Gasteiger partial charge in [0, 0.05) is 11.8 Å². The maximum Gasteiger partial charge on any atom is 0.338 e. The number of esters is 1. The maximum atomic E-state index is 12.3. The average Bonchev–Trinajstić information content (AvgIpc) is 2.60. The summed E-state index contributed by atoms with van der Waals surface area (Å²) in [5.74, 6) is -0.449. The van der Waals surface area contributed by atoms with E-state index in [1.807, 2.05) is 0 Å². The maximum absolute atomic E-state index is 12.3. The van der Waals surface area contributed by atoms with E-state index in [9.17, 15) is 18.0 Å². The molecule has 0 aliphatic heterocycles. The van der Waals surface area contributed by atoms with Crippen LogP contribution in [0.2, 0.25) is 0 Å². The fourth-order valence-corrected chi connectivity index (χ4v) is 3.11. The van der Waals surface area contributed by atoms with Crippen LogP contribution in [0.1, 0.15) is 33.2 Å². The number of carbonyl (C=O) groups is 2. The van der Waals surface area contributed by atoms with Gasteiger partial charge in [0.15, 0.2) is 15.9 Å². The Morgan fingerprint density at radius 3 is 2.00 bits per heavy atom. The second kappa shape index (κ2) is 8.14. The monoisotopic (exact) mass is 376 g/mol. The lowest BCUT2D eigenvalue weighted by molar-refractivity contribution is 0.0319. The minimum Gasteiger partial charge on any atom is -0.497 e. The SMILES string of the molecule is COc1ccc(C(=O)[C@@H](C)OC(=O)c2ccc(CS(C)(=O)=O)cc2)cc1. The van der Waals surface area contributed by atoms with E-state index in [1.165, 1.54) is 26.2 Å². The number of Topliss-reactive ketones (excluding diaryl/α,β-unsaturated/α-hetero) is 1. The lowest BCUT2D eigenvalue weighted by atomic mass is 10.1. The van der Waals surface area contributed by atoms with E-state index >= 15 is 0 Å². The van der Waals surface area contributed by atoms with Gasteiger partial charge in [-0.15, -0.1) is 0 Å². The molecule has 0 saturated carbocycles. The first-order chi connectivity index (χ1) is 12.2. The fraction of sp³-hybridized carbons (Fsp3) is 0.263. The lowest BCUT2D eigenvalue weighted by Gasteiger charge is -2.13. The molecule has 26 heavy (non-hydrogen) atoms. The zero-order valence-corrected chi connectivity index (χ0v) is 15.6. The van der Waals surface area contributed by atoms with Crippen molar-refractivity contribution in [3.05, 3.63) is 65.2 Å². The van der Waals surface area contributed by atoms with Crippen LogP contribution in [-0.2, 0) is 20.3 Å². The molecule has 0 heterocycles. The van der Waals surface area contributed by atoms with Crippen LogP contribution in [0.4, 0.5) is 0 Å². The molecular weight excluding hydrogens is 356 g/mol. The summed E-state index contributed by atoms with van der Waals surface area (Å²) in [5.41, 5.74) is 1.23. The van der Waals surface area contributed by atoms with Crippen molar-refractivity contribution in [1.29, 1.82) is 0 Å². The first-order valence-electron chi connectivity index (χ1n) is 7.85. The molecule has 0 amide bonds. The van der Waals surface area contributed by atoms with Gasteiger partial charge in [-0.2, -0.15) is 0 Å². The van der Waals surface area contributed by atoms with Gasteiger partial charge in [-0.05, 0) is 48.9 Å². The van der Waals surface area contributed by atoms with Crippen LogP contribution < -0.4 is 4.74 Å². The third-order valence-corrected chi connectivity index (χ3v) is 4.50. The van der Waals surface area contributed by atoms with Gasteiger partial charge in [0.2, 0.25) is 5.78 Å². The molecule has 0 unspecified atom stereocenters. The Balaban J connectivity index is 2.02. The van der Waals surface area contributed by atoms with Gasteiger partial charge in [-0.3, -0.25) is 4.79 Å². The predicted octanol–water partition coefficient (Wildman–Crippen LogP) is 2.67. The van der Waals surface area contributed by atoms with Gasteiger partial charge < -0.3 is 9.47 Å². The molecule has 138 valence electrons. The quantitative estimate of drug-likeness (QED) is 0.545. The number of rotatable bonds is 7. The highest BCUT2D eigenvalue weighted by molar-refractivity contribution is 7.89. The van der Waals surface area contributed by atoms with Gasteiger partial charge in [-0.1, -0.05) is 12.1 Å². The number of hydrogen-bond donors (Lipinski definition) is 0. The van der Waals surface area contributed by atoms with Crippen molar-refractivity contribution in [3.63, 3.8) is 0 Å². The number of hydrogen-bond acceptors (Lipinski definition) is 6. The molecule has 0 saturated heterocycles. The van der Waals surface area contributed by atoms with E-state index in [1.54, 1.807) is 36.4 Å². The topological polar surface area (TPSA) is 86.7 Å². The Hall–Kier alpha value is -2.67. The Kier molecular flexibility index (Phi) is 6.15. The summed E-state index contributed by atoms with van der Waals surface area (Å²) in [6.45, 7) is 1.50. The summed E-state index contributed by atoms with van der Waals surface area (Å²) >= 11 is 0. The molecule has 0 aliphatic carbocycles. The minimum atomic E-state index is -3.15. The lowest BCUT2D eigenvalue weighted by Crippen LogP contribution is -2.24. The largest absolute Gasteiger partial charge is 0.497 e. The molecule has 0 bridgehead atoms. The normalized spacial score (nSPS) is 12.3. The third kappa shape index (κ3) is 5.42. The van der Waals surface area contributed by atoms with Crippen LogP contribution in [0.15, 0.2) is 48.5 Å². The van der Waals surface area contributed by atoms with E-state index in [0.717, 1.165) is 6.26 Å². The van der Waals surface area contributed by atoms with Gasteiger partial charge in [-0.25, -0.2) is 13.2 Å². The van der Waals surface area contributed by atoms with E-state index in [4.69, 9.17) is 9.47 Å². The van der Waals surface area contributed by atoms with Crippen molar-refractivity contribution >= 4 is 21.6 Å². The molecule has 1 atom stereocenters. The molecule has 0 radical (unpaired) electrons. The van der Waals surface area contributed by atoms with Crippen LogP contribution in [-0.4, -0.2) is 39.6 Å². The van der Waals surface area contributed by atoms with Crippen molar-refractivity contribution in [3.8, 4) is 5.75 Å². The molecule has 0 aliphatic rings. The molecule has 0 aromatic heterocycles. The molecule has 2 aromatic rings. The third-order valence-electron chi connectivity index (χ3n) is 3.65. The first kappa shape index (κ1) is 19.7. The second-order valence-corrected chi connectivity index (χ2v) is 8.05. The Bertz CT molecular complexity index is 883. The highest BCUT2D eigenvalue weighted by atomic mass is 32.2. The van der Waals surface area contributed by atoms with Crippen LogP contribution in [0, 0.1) is 0 Å². The number of ether oxygens (including phenoxy) is 2. The van der Waals surface area contributed by atoms with Crippen molar-refractivity contribution in [2.45, 2.75) is 18.8 Å². The number of carbonyl (C=O) groups excluding carboxylic acids is 2. The Morgan fingerprint density at radius 2 is 1.50 bits per heavy atom. The van der Waals surface area contributed by atoms with Crippen LogP contribution in [0.5, 0.6) is 5.75 Å². The van der Waals surface area contributed by atoms with E-state index in [0.29, 0.717) is 16.9 Å². The van der Waals surface area contributed by atoms with E-state index < -0.39 is 21.9 Å². The van der Waals surface area contributed by atoms with Gasteiger partial charge in [0.1, 0.15) is 5.75 Å². The number of sulfone groups is 1. The van der Waals surface area contributed by atoms with Crippen LogP contribution in [0.25, 0.3) is 0 Å². The zero-order chi connectivity index (χ0) is 19.3. The highest BCUT2D eigenvalue weighted by Crippen LogP contribution is 2.15. The molecule has 2 rings (SSSR count). The summed E-state index contributed by atoms with van der Waals surface area (Å²) in [7, 11) is -1.62. The van der Waals surface area contributed by atoms with E-state index in [-0.39, 0.29) is 17.1 Å². The zero-order valence-electron chi connectivity index (χ0n) is 14.8. The number of methoxy groups -OCH3 is 1. The Labute approximate surface area is 152 Å². The molecule has 0 N–H and O–H groups in total. The van der Waals surface area contributed by atoms with Gasteiger partial charge in [0.25, 0.3) is 0 Å². The summed E-state index contributed by atoms with van der Waals surface area (Å²) < 4.78 is 32.8. The number of benzene rings is 2. The van der Waals surface area contributed by atoms with Crippen molar-refractivity contribution in [2.24, 2.45) is 0 Å². The number of ketones is 1. The molecule has 0 spiro atoms. The second-order valence-electron chi connectivity index (χ2n) is 5.91.